The van der Waals surface area contributed by atoms with Gasteiger partial charge in [0.1, 0.15) is 0 Å². The predicted molar refractivity (Wildman–Crippen MR) is 40.0 cm³/mol. The number of carbonyl (C=O) groups is 1. The van der Waals surface area contributed by atoms with Crippen LogP contribution in [-0.2, 0) is 4.79 Å². The highest BCUT2D eigenvalue weighted by molar-refractivity contribution is 5.77. The zero-order valence-corrected chi connectivity index (χ0v) is 6.48. The second-order valence-corrected chi connectivity index (χ2v) is 2.30. The molecule has 10 heavy (non-hydrogen) atoms. The largest absolute Gasteiger partial charge is 0.320 e. The Hall–Kier alpha value is -0.610. The summed E-state index contributed by atoms with van der Waals surface area (Å²) in [6, 6.07) is 0. The average molecular weight is 145 g/mol. The van der Waals surface area contributed by atoms with Crippen LogP contribution in [0.15, 0.2) is 0 Å². The van der Waals surface area contributed by atoms with Gasteiger partial charge in [0.05, 0.1) is 0 Å². The fourth-order valence-electron chi connectivity index (χ4n) is 0.634. The van der Waals surface area contributed by atoms with E-state index in [1.165, 1.54) is 0 Å². The first-order valence-corrected chi connectivity index (χ1v) is 3.37. The van der Waals surface area contributed by atoms with Crippen LogP contribution in [-0.4, -0.2) is 19.5 Å². The highest BCUT2D eigenvalue weighted by atomic mass is 16.2. The van der Waals surface area contributed by atoms with Crippen LogP contribution in [0.4, 0.5) is 0 Å². The van der Waals surface area contributed by atoms with E-state index in [2.05, 4.69) is 10.7 Å². The van der Waals surface area contributed by atoms with E-state index < -0.39 is 0 Å². The van der Waals surface area contributed by atoms with E-state index in [9.17, 15) is 4.79 Å². The third-order valence-electron chi connectivity index (χ3n) is 1.42. The molecule has 0 aromatic heterocycles. The van der Waals surface area contributed by atoms with Gasteiger partial charge in [-0.25, -0.2) is 5.84 Å². The summed E-state index contributed by atoms with van der Waals surface area (Å²) in [7, 11) is 1.85. The van der Waals surface area contributed by atoms with Crippen molar-refractivity contribution < 1.29 is 4.79 Å². The summed E-state index contributed by atoms with van der Waals surface area (Å²) in [5, 5.41) is 2.96. The number of hydrogen-bond acceptors (Lipinski definition) is 3. The number of hydrazine groups is 1. The van der Waals surface area contributed by atoms with Gasteiger partial charge in [0.15, 0.2) is 0 Å². The van der Waals surface area contributed by atoms with Gasteiger partial charge in [-0.15, -0.1) is 0 Å². The van der Waals surface area contributed by atoms with Gasteiger partial charge in [0.2, 0.25) is 5.91 Å². The van der Waals surface area contributed by atoms with Crippen molar-refractivity contribution in [1.29, 1.82) is 0 Å². The first-order chi connectivity index (χ1) is 4.72. The van der Waals surface area contributed by atoms with Gasteiger partial charge in [0, 0.05) is 5.92 Å². The Labute approximate surface area is 61.1 Å². The Balaban J connectivity index is 3.41. The van der Waals surface area contributed by atoms with E-state index in [0.717, 1.165) is 13.0 Å². The number of carbonyl (C=O) groups excluding carboxylic acids is 1. The lowest BCUT2D eigenvalue weighted by Gasteiger charge is -2.07. The minimum Gasteiger partial charge on any atom is -0.320 e. The minimum atomic E-state index is -0.102. The predicted octanol–water partition coefficient (Wildman–Crippen LogP) is -0.778. The van der Waals surface area contributed by atoms with E-state index >= 15 is 0 Å². The molecule has 0 rings (SSSR count). The number of rotatable bonds is 4. The third-order valence-corrected chi connectivity index (χ3v) is 1.42. The molecule has 0 aliphatic heterocycles. The third kappa shape index (κ3) is 3.42. The molecule has 1 unspecified atom stereocenters. The summed E-state index contributed by atoms with van der Waals surface area (Å²) in [5.41, 5.74) is 2.11. The molecule has 0 aromatic carbocycles. The van der Waals surface area contributed by atoms with Crippen LogP contribution in [0.5, 0.6) is 0 Å². The first kappa shape index (κ1) is 9.39. The summed E-state index contributed by atoms with van der Waals surface area (Å²) >= 11 is 0. The summed E-state index contributed by atoms with van der Waals surface area (Å²) in [6.45, 7) is 2.69. The maximum Gasteiger partial charge on any atom is 0.236 e. The van der Waals surface area contributed by atoms with Gasteiger partial charge in [-0.1, -0.05) is 6.92 Å². The lowest BCUT2D eigenvalue weighted by Crippen LogP contribution is -2.35. The van der Waals surface area contributed by atoms with Gasteiger partial charge in [-0.2, -0.15) is 0 Å². The second-order valence-electron chi connectivity index (χ2n) is 2.30. The second kappa shape index (κ2) is 5.20. The fourth-order valence-corrected chi connectivity index (χ4v) is 0.634. The Bertz CT molecular complexity index is 105. The quantitative estimate of drug-likeness (QED) is 0.276. The minimum absolute atomic E-state index is 0.00236. The van der Waals surface area contributed by atoms with Crippen molar-refractivity contribution in [2.24, 2.45) is 11.8 Å². The smallest absolute Gasteiger partial charge is 0.236 e. The van der Waals surface area contributed by atoms with Gasteiger partial charge >= 0.3 is 0 Å². The zero-order chi connectivity index (χ0) is 7.98. The number of hydrogen-bond donors (Lipinski definition) is 3. The van der Waals surface area contributed by atoms with Crippen LogP contribution in [0.1, 0.15) is 13.3 Å². The van der Waals surface area contributed by atoms with Crippen LogP contribution in [0.2, 0.25) is 0 Å². The lowest BCUT2D eigenvalue weighted by atomic mass is 10.1. The molecule has 0 heterocycles. The van der Waals surface area contributed by atoms with Crippen LogP contribution >= 0.6 is 0 Å². The molecule has 0 aliphatic carbocycles. The molecule has 0 saturated heterocycles. The molecular weight excluding hydrogens is 130 g/mol. The Morgan fingerprint density at radius 2 is 2.30 bits per heavy atom. The van der Waals surface area contributed by atoms with Gasteiger partial charge < -0.3 is 5.32 Å². The summed E-state index contributed by atoms with van der Waals surface area (Å²) in [5.74, 6) is 4.82. The van der Waals surface area contributed by atoms with E-state index in [4.69, 9.17) is 5.84 Å². The molecule has 4 N–H and O–H groups in total. The maximum absolute atomic E-state index is 10.8. The SMILES string of the molecule is CNCCC(C)C(=O)NN. The molecule has 0 aliphatic rings. The monoisotopic (exact) mass is 145 g/mol. The normalized spacial score (nSPS) is 12.7. The number of nitrogens with two attached hydrogens (primary N) is 1. The Morgan fingerprint density at radius 3 is 2.70 bits per heavy atom. The van der Waals surface area contributed by atoms with Gasteiger partial charge in [-0.3, -0.25) is 10.2 Å². The standard InChI is InChI=1S/C6H15N3O/c1-5(3-4-8-2)6(10)9-7/h5,8H,3-4,7H2,1-2H3,(H,9,10). The molecule has 0 saturated carbocycles. The zero-order valence-electron chi connectivity index (χ0n) is 6.48. The van der Waals surface area contributed by atoms with E-state index in [1.54, 1.807) is 0 Å². The molecule has 1 atom stereocenters. The maximum atomic E-state index is 10.8. The van der Waals surface area contributed by atoms with Crippen LogP contribution in [0.3, 0.4) is 0 Å². The fraction of sp³-hybridized carbons (Fsp3) is 0.833. The molecule has 60 valence electrons. The van der Waals surface area contributed by atoms with Crippen molar-refractivity contribution in [2.45, 2.75) is 13.3 Å². The molecule has 0 fully saturated rings. The van der Waals surface area contributed by atoms with Crippen LogP contribution in [0, 0.1) is 5.92 Å². The summed E-state index contributed by atoms with van der Waals surface area (Å²) in [4.78, 5) is 10.8. The van der Waals surface area contributed by atoms with Crippen molar-refractivity contribution >= 4 is 5.91 Å². The van der Waals surface area contributed by atoms with E-state index in [1.807, 2.05) is 14.0 Å². The molecule has 0 radical (unpaired) electrons. The number of amides is 1. The molecule has 1 amide bonds. The molecule has 4 nitrogen and oxygen atoms in total. The van der Waals surface area contributed by atoms with Crippen LogP contribution < -0.4 is 16.6 Å². The summed E-state index contributed by atoms with van der Waals surface area (Å²) < 4.78 is 0. The molecule has 0 aromatic rings. The molecule has 0 bridgehead atoms. The van der Waals surface area contributed by atoms with Gasteiger partial charge in [-0.05, 0) is 20.0 Å². The highest BCUT2D eigenvalue weighted by Gasteiger charge is 2.08. The Kier molecular flexibility index (Phi) is 4.88. The topological polar surface area (TPSA) is 67.2 Å². The van der Waals surface area contributed by atoms with Crippen LogP contribution in [0.25, 0.3) is 0 Å². The molecular formula is C6H15N3O. The van der Waals surface area contributed by atoms with E-state index in [-0.39, 0.29) is 11.8 Å². The van der Waals surface area contributed by atoms with Crippen molar-refractivity contribution in [2.75, 3.05) is 13.6 Å². The Morgan fingerprint density at radius 1 is 1.70 bits per heavy atom. The first-order valence-electron chi connectivity index (χ1n) is 3.37. The van der Waals surface area contributed by atoms with Gasteiger partial charge in [0.25, 0.3) is 0 Å². The summed E-state index contributed by atoms with van der Waals surface area (Å²) in [6.07, 6.45) is 0.819. The molecule has 4 heteroatoms. The number of nitrogens with one attached hydrogen (secondary N) is 2. The van der Waals surface area contributed by atoms with Crippen molar-refractivity contribution in [3.05, 3.63) is 0 Å². The highest BCUT2D eigenvalue weighted by Crippen LogP contribution is 1.98. The van der Waals surface area contributed by atoms with Crippen molar-refractivity contribution in [1.82, 2.24) is 10.7 Å². The molecule has 0 spiro atoms. The van der Waals surface area contributed by atoms with E-state index in [0.29, 0.717) is 0 Å². The average Bonchev–Trinajstić information content (AvgIpc) is 1.98. The van der Waals surface area contributed by atoms with Crippen molar-refractivity contribution in [3.8, 4) is 0 Å². The lowest BCUT2D eigenvalue weighted by molar-refractivity contribution is -0.124. The van der Waals surface area contributed by atoms with Crippen molar-refractivity contribution in [3.63, 3.8) is 0 Å².